The van der Waals surface area contributed by atoms with Gasteiger partial charge in [0.2, 0.25) is 0 Å². The average molecular weight is 351 g/mol. The van der Waals surface area contributed by atoms with E-state index in [0.717, 1.165) is 21.3 Å². The Hall–Kier alpha value is -2.18. The van der Waals surface area contributed by atoms with Gasteiger partial charge in [-0.25, -0.2) is 9.37 Å². The van der Waals surface area contributed by atoms with Crippen molar-refractivity contribution >= 4 is 44.7 Å². The zero-order valence-corrected chi connectivity index (χ0v) is 13.7. The number of rotatable bonds is 4. The van der Waals surface area contributed by atoms with Crippen LogP contribution in [0.3, 0.4) is 0 Å². The van der Waals surface area contributed by atoms with E-state index in [1.807, 2.05) is 19.1 Å². The van der Waals surface area contributed by atoms with Crippen LogP contribution in [0.15, 0.2) is 36.4 Å². The van der Waals surface area contributed by atoms with Crippen molar-refractivity contribution in [1.82, 2.24) is 4.98 Å². The summed E-state index contributed by atoms with van der Waals surface area (Å²) in [7, 11) is 0. The number of aromatic nitrogens is 1. The molecule has 0 spiro atoms. The molecule has 0 radical (unpaired) electrons. The first-order chi connectivity index (χ1) is 11.0. The molecule has 0 aliphatic carbocycles. The van der Waals surface area contributed by atoms with Crippen molar-refractivity contribution in [2.75, 3.05) is 11.9 Å². The number of halogens is 2. The molecule has 2 aromatic carbocycles. The molecule has 0 fully saturated rings. The van der Waals surface area contributed by atoms with E-state index in [-0.39, 0.29) is 23.3 Å². The van der Waals surface area contributed by atoms with Crippen molar-refractivity contribution in [2.45, 2.75) is 6.92 Å². The molecule has 3 aromatic rings. The van der Waals surface area contributed by atoms with Gasteiger partial charge in [-0.2, -0.15) is 0 Å². The summed E-state index contributed by atoms with van der Waals surface area (Å²) in [6.07, 6.45) is 0. The third kappa shape index (κ3) is 3.78. The largest absolute Gasteiger partial charge is 0.482 e. The van der Waals surface area contributed by atoms with Crippen molar-refractivity contribution in [3.63, 3.8) is 0 Å². The molecule has 0 aliphatic heterocycles. The number of benzene rings is 2. The van der Waals surface area contributed by atoms with Gasteiger partial charge in [0, 0.05) is 5.69 Å². The number of ether oxygens (including phenoxy) is 1. The van der Waals surface area contributed by atoms with Gasteiger partial charge >= 0.3 is 0 Å². The number of hydrogen-bond acceptors (Lipinski definition) is 4. The third-order valence-corrected chi connectivity index (χ3v) is 4.26. The fourth-order valence-corrected chi connectivity index (χ4v) is 3.14. The molecule has 0 aliphatic rings. The number of carbonyl (C=O) groups is 1. The minimum absolute atomic E-state index is 0.124. The van der Waals surface area contributed by atoms with Gasteiger partial charge in [-0.1, -0.05) is 11.6 Å². The lowest BCUT2D eigenvalue weighted by Crippen LogP contribution is -2.20. The lowest BCUT2D eigenvalue weighted by molar-refractivity contribution is -0.118. The maximum atomic E-state index is 12.9. The van der Waals surface area contributed by atoms with E-state index >= 15 is 0 Å². The number of carbonyl (C=O) groups excluding carboxylic acids is 1. The molecule has 118 valence electrons. The summed E-state index contributed by atoms with van der Waals surface area (Å²) in [6.45, 7) is 1.72. The zero-order chi connectivity index (χ0) is 16.4. The second kappa shape index (κ2) is 6.52. The molecule has 23 heavy (non-hydrogen) atoms. The SMILES string of the molecule is Cc1nc2ccc(NC(=O)COc3ccc(F)cc3Cl)cc2s1. The number of nitrogens with one attached hydrogen (secondary N) is 1. The van der Waals surface area contributed by atoms with Crippen LogP contribution in [0.2, 0.25) is 5.02 Å². The zero-order valence-electron chi connectivity index (χ0n) is 12.1. The Morgan fingerprint density at radius 1 is 1.35 bits per heavy atom. The minimum atomic E-state index is -0.458. The smallest absolute Gasteiger partial charge is 0.262 e. The highest BCUT2D eigenvalue weighted by Gasteiger charge is 2.08. The molecule has 0 saturated carbocycles. The van der Waals surface area contributed by atoms with Gasteiger partial charge in [0.1, 0.15) is 11.6 Å². The molecule has 4 nitrogen and oxygen atoms in total. The lowest BCUT2D eigenvalue weighted by Gasteiger charge is -2.08. The second-order valence-electron chi connectivity index (χ2n) is 4.83. The Morgan fingerprint density at radius 2 is 2.17 bits per heavy atom. The molecule has 0 atom stereocenters. The molecule has 3 rings (SSSR count). The van der Waals surface area contributed by atoms with Gasteiger partial charge in [-0.15, -0.1) is 11.3 Å². The first kappa shape index (κ1) is 15.7. The fraction of sp³-hybridized carbons (Fsp3) is 0.125. The number of anilines is 1. The second-order valence-corrected chi connectivity index (χ2v) is 6.47. The van der Waals surface area contributed by atoms with Crippen molar-refractivity contribution in [3.05, 3.63) is 52.2 Å². The maximum absolute atomic E-state index is 12.9. The van der Waals surface area contributed by atoms with Crippen LogP contribution < -0.4 is 10.1 Å². The quantitative estimate of drug-likeness (QED) is 0.758. The summed E-state index contributed by atoms with van der Waals surface area (Å²) in [5, 5.41) is 3.84. The van der Waals surface area contributed by atoms with Crippen molar-refractivity contribution in [1.29, 1.82) is 0 Å². The fourth-order valence-electron chi connectivity index (χ4n) is 2.05. The molecular weight excluding hydrogens is 339 g/mol. The van der Waals surface area contributed by atoms with Gasteiger partial charge in [0.05, 0.1) is 20.2 Å². The highest BCUT2D eigenvalue weighted by Crippen LogP contribution is 2.26. The van der Waals surface area contributed by atoms with E-state index in [1.54, 1.807) is 17.4 Å². The molecule has 7 heteroatoms. The molecule has 1 heterocycles. The summed E-state index contributed by atoms with van der Waals surface area (Å²) in [5.74, 6) is -0.525. The Morgan fingerprint density at radius 3 is 2.96 bits per heavy atom. The standard InChI is InChI=1S/C16H12ClFN2O2S/c1-9-19-13-4-3-11(7-15(13)23-9)20-16(21)8-22-14-5-2-10(18)6-12(14)17/h2-7H,8H2,1H3,(H,20,21). The average Bonchev–Trinajstić information content (AvgIpc) is 2.85. The molecule has 0 bridgehead atoms. The summed E-state index contributed by atoms with van der Waals surface area (Å²) in [6, 6.07) is 9.24. The molecule has 0 saturated heterocycles. The summed E-state index contributed by atoms with van der Waals surface area (Å²) in [4.78, 5) is 16.3. The van der Waals surface area contributed by atoms with Crippen LogP contribution >= 0.6 is 22.9 Å². The first-order valence-electron chi connectivity index (χ1n) is 6.76. The van der Waals surface area contributed by atoms with Crippen molar-refractivity contribution in [2.24, 2.45) is 0 Å². The molecule has 0 unspecified atom stereocenters. The van der Waals surface area contributed by atoms with E-state index in [1.165, 1.54) is 12.1 Å². The van der Waals surface area contributed by atoms with Gasteiger partial charge in [-0.3, -0.25) is 4.79 Å². The van der Waals surface area contributed by atoms with Gasteiger partial charge in [0.25, 0.3) is 5.91 Å². The van der Waals surface area contributed by atoms with Crippen LogP contribution in [0.1, 0.15) is 5.01 Å². The normalized spacial score (nSPS) is 10.7. The highest BCUT2D eigenvalue weighted by atomic mass is 35.5. The maximum Gasteiger partial charge on any atom is 0.262 e. The van der Waals surface area contributed by atoms with Crippen LogP contribution in [0.25, 0.3) is 10.2 Å². The van der Waals surface area contributed by atoms with Crippen LogP contribution in [0.5, 0.6) is 5.75 Å². The number of thiazole rings is 1. The van der Waals surface area contributed by atoms with Crippen molar-refractivity contribution < 1.29 is 13.9 Å². The number of aryl methyl sites for hydroxylation is 1. The van der Waals surface area contributed by atoms with E-state index in [0.29, 0.717) is 5.69 Å². The Balaban J connectivity index is 1.63. The van der Waals surface area contributed by atoms with Crippen LogP contribution in [0, 0.1) is 12.7 Å². The Kier molecular flexibility index (Phi) is 4.45. The Bertz CT molecular complexity index is 882. The van der Waals surface area contributed by atoms with E-state index < -0.39 is 5.82 Å². The lowest BCUT2D eigenvalue weighted by atomic mass is 10.3. The number of amides is 1. The minimum Gasteiger partial charge on any atom is -0.482 e. The monoisotopic (exact) mass is 350 g/mol. The first-order valence-corrected chi connectivity index (χ1v) is 7.95. The molecule has 1 amide bonds. The Labute approximate surface area is 140 Å². The van der Waals surface area contributed by atoms with Crippen molar-refractivity contribution in [3.8, 4) is 5.75 Å². The number of nitrogens with zero attached hydrogens (tertiary/aromatic N) is 1. The highest BCUT2D eigenvalue weighted by molar-refractivity contribution is 7.18. The van der Waals surface area contributed by atoms with Crippen LogP contribution in [-0.4, -0.2) is 17.5 Å². The van der Waals surface area contributed by atoms with Crippen LogP contribution in [-0.2, 0) is 4.79 Å². The predicted octanol–water partition coefficient (Wildman–Crippen LogP) is 4.41. The topological polar surface area (TPSA) is 51.2 Å². The van der Waals surface area contributed by atoms with E-state index in [4.69, 9.17) is 16.3 Å². The summed E-state index contributed by atoms with van der Waals surface area (Å²) < 4.78 is 19.2. The predicted molar refractivity (Wildman–Crippen MR) is 89.9 cm³/mol. The third-order valence-electron chi connectivity index (χ3n) is 3.03. The van der Waals surface area contributed by atoms with Gasteiger partial charge < -0.3 is 10.1 Å². The number of fused-ring (bicyclic) bond motifs is 1. The van der Waals surface area contributed by atoms with Gasteiger partial charge in [0.15, 0.2) is 6.61 Å². The number of hydrogen-bond donors (Lipinski definition) is 1. The van der Waals surface area contributed by atoms with Crippen LogP contribution in [0.4, 0.5) is 10.1 Å². The molecule has 1 aromatic heterocycles. The molecular formula is C16H12ClFN2O2S. The van der Waals surface area contributed by atoms with Gasteiger partial charge in [-0.05, 0) is 43.3 Å². The molecule has 1 N–H and O–H groups in total. The summed E-state index contributed by atoms with van der Waals surface area (Å²) >= 11 is 7.40. The van der Waals surface area contributed by atoms with E-state index in [2.05, 4.69) is 10.3 Å². The summed E-state index contributed by atoms with van der Waals surface area (Å²) in [5.41, 5.74) is 1.57. The van der Waals surface area contributed by atoms with E-state index in [9.17, 15) is 9.18 Å².